The second kappa shape index (κ2) is 12.9. The Labute approximate surface area is 262 Å². The van der Waals surface area contributed by atoms with Crippen LogP contribution in [0.2, 0.25) is 5.02 Å². The van der Waals surface area contributed by atoms with E-state index in [1.165, 1.54) is 36.4 Å². The molecule has 1 spiro atoms. The van der Waals surface area contributed by atoms with Crippen molar-refractivity contribution >= 4 is 29.3 Å². The van der Waals surface area contributed by atoms with Crippen LogP contribution in [-0.2, 0) is 4.79 Å². The molecule has 45 heavy (non-hydrogen) atoms. The summed E-state index contributed by atoms with van der Waals surface area (Å²) in [7, 11) is 0. The van der Waals surface area contributed by atoms with Gasteiger partial charge < -0.3 is 30.5 Å². The fourth-order valence-corrected chi connectivity index (χ4v) is 6.67. The minimum absolute atomic E-state index is 0.0191. The molecular weight excluding hydrogens is 618 g/mol. The Bertz CT molecular complexity index is 1550. The average Bonchev–Trinajstić information content (AvgIpc) is 3.35. The number of carbonyl (C=O) groups is 1. The molecule has 0 saturated carbocycles. The monoisotopic (exact) mass is 651 g/mol. The van der Waals surface area contributed by atoms with Gasteiger partial charge in [-0.15, -0.1) is 0 Å². The summed E-state index contributed by atoms with van der Waals surface area (Å²) in [5.74, 6) is -2.01. The number of aromatic nitrogens is 2. The number of nitrogens with one attached hydrogen (secondary N) is 1. The number of carboxylic acids is 1. The van der Waals surface area contributed by atoms with Crippen LogP contribution in [0.5, 0.6) is 11.6 Å². The second-order valence-electron chi connectivity index (χ2n) is 11.3. The van der Waals surface area contributed by atoms with Crippen molar-refractivity contribution < 1.29 is 36.9 Å². The largest absolute Gasteiger partial charge is 0.491 e. The molecule has 3 aromatic rings. The third-order valence-electron chi connectivity index (χ3n) is 8.62. The minimum Gasteiger partial charge on any atom is -0.491 e. The summed E-state index contributed by atoms with van der Waals surface area (Å²) >= 11 is 6.16. The van der Waals surface area contributed by atoms with E-state index < -0.39 is 36.0 Å². The molecule has 2 aliphatic rings. The van der Waals surface area contributed by atoms with Crippen molar-refractivity contribution in [2.24, 2.45) is 5.41 Å². The fourth-order valence-electron chi connectivity index (χ4n) is 6.50. The van der Waals surface area contributed by atoms with Crippen LogP contribution < -0.4 is 25.4 Å². The van der Waals surface area contributed by atoms with Crippen LogP contribution >= 0.6 is 11.6 Å². The number of ether oxygens (including phenoxy) is 2. The molecule has 2 unspecified atom stereocenters. The number of hydrogen-bond acceptors (Lipinski definition) is 8. The third kappa shape index (κ3) is 6.89. The molecule has 3 heterocycles. The summed E-state index contributed by atoms with van der Waals surface area (Å²) in [4.78, 5) is 21.7. The Balaban J connectivity index is 1.42. The number of nitrogens with zero attached hydrogens (tertiary/aromatic N) is 3. The number of nitrogens with two attached hydrogens (primary N) is 1. The van der Waals surface area contributed by atoms with Gasteiger partial charge in [0.15, 0.2) is 11.6 Å². The van der Waals surface area contributed by atoms with E-state index in [9.17, 15) is 27.5 Å². The number of alkyl halides is 3. The molecule has 14 heteroatoms. The van der Waals surface area contributed by atoms with Gasteiger partial charge in [0.1, 0.15) is 11.9 Å². The van der Waals surface area contributed by atoms with E-state index in [1.807, 2.05) is 11.8 Å². The molecule has 2 fully saturated rings. The molecule has 4 N–H and O–H groups in total. The van der Waals surface area contributed by atoms with Crippen molar-refractivity contribution in [2.75, 3.05) is 30.3 Å². The standard InChI is InChI=1S/C31H34ClF4N5O4/c1-3-24-30(16-22(38-24)28(42)43)9-11-41(12-10-30)25-15-26(40-29(37)39-25)45-27(31(34,35)36)19-7-6-18(32)14-20(19)17-5-8-23(44-4-2)21(33)13-17/h5-8,13-15,22,24,27,38H,3-4,9-12,16H2,1-2H3,(H,42,43)(H2,37,39,40)/t22?,24?,27-/m1/s1. The first kappa shape index (κ1) is 32.6. The summed E-state index contributed by atoms with van der Waals surface area (Å²) in [6.45, 7) is 4.90. The zero-order valence-corrected chi connectivity index (χ0v) is 25.5. The van der Waals surface area contributed by atoms with Crippen molar-refractivity contribution in [3.63, 3.8) is 0 Å². The lowest BCUT2D eigenvalue weighted by Crippen LogP contribution is -2.46. The van der Waals surface area contributed by atoms with Crippen LogP contribution in [-0.4, -0.2) is 59.0 Å². The van der Waals surface area contributed by atoms with Gasteiger partial charge in [-0.25, -0.2) is 4.39 Å². The molecule has 3 atom stereocenters. The zero-order chi connectivity index (χ0) is 32.5. The number of benzene rings is 2. The van der Waals surface area contributed by atoms with Crippen molar-refractivity contribution in [1.82, 2.24) is 15.3 Å². The number of rotatable bonds is 9. The molecule has 5 rings (SSSR count). The first-order valence-corrected chi connectivity index (χ1v) is 15.0. The topological polar surface area (TPSA) is 123 Å². The quantitative estimate of drug-likeness (QED) is 0.225. The van der Waals surface area contributed by atoms with Gasteiger partial charge in [0.25, 0.3) is 0 Å². The Morgan fingerprint density at radius 1 is 1.18 bits per heavy atom. The Kier molecular flexibility index (Phi) is 9.31. The van der Waals surface area contributed by atoms with Gasteiger partial charge in [0.2, 0.25) is 17.9 Å². The summed E-state index contributed by atoms with van der Waals surface area (Å²) in [5, 5.41) is 12.9. The van der Waals surface area contributed by atoms with Crippen molar-refractivity contribution in [3.8, 4) is 22.8 Å². The molecular formula is C31H34ClF4N5O4. The molecule has 0 aliphatic carbocycles. The maximum absolute atomic E-state index is 14.7. The van der Waals surface area contributed by atoms with E-state index in [4.69, 9.17) is 26.8 Å². The van der Waals surface area contributed by atoms with Gasteiger partial charge >= 0.3 is 12.1 Å². The van der Waals surface area contributed by atoms with Crippen molar-refractivity contribution in [2.45, 2.75) is 63.9 Å². The third-order valence-corrected chi connectivity index (χ3v) is 8.86. The van der Waals surface area contributed by atoms with Gasteiger partial charge in [0, 0.05) is 35.8 Å². The van der Waals surface area contributed by atoms with Crippen LogP contribution in [0.4, 0.5) is 29.3 Å². The molecule has 0 amide bonds. The number of nitrogen functional groups attached to an aromatic ring is 1. The molecule has 2 saturated heterocycles. The Hall–Kier alpha value is -3.84. The molecule has 0 bridgehead atoms. The van der Waals surface area contributed by atoms with E-state index in [0.717, 1.165) is 12.5 Å². The van der Waals surface area contributed by atoms with E-state index in [1.54, 1.807) is 6.92 Å². The smallest absolute Gasteiger partial charge is 0.429 e. The van der Waals surface area contributed by atoms with Crippen LogP contribution in [0.3, 0.4) is 0 Å². The highest BCUT2D eigenvalue weighted by Crippen LogP contribution is 2.46. The van der Waals surface area contributed by atoms with E-state index in [-0.39, 0.29) is 51.5 Å². The van der Waals surface area contributed by atoms with Gasteiger partial charge in [-0.05, 0) is 73.4 Å². The van der Waals surface area contributed by atoms with Crippen LogP contribution in [0.1, 0.15) is 51.2 Å². The predicted octanol–water partition coefficient (Wildman–Crippen LogP) is 6.41. The zero-order valence-electron chi connectivity index (χ0n) is 24.7. The molecule has 9 nitrogen and oxygen atoms in total. The molecule has 242 valence electrons. The summed E-state index contributed by atoms with van der Waals surface area (Å²) in [5.41, 5.74) is 5.59. The van der Waals surface area contributed by atoms with Crippen LogP contribution in [0, 0.1) is 11.2 Å². The number of carboxylic acid groups (broad SMARTS) is 1. The first-order valence-electron chi connectivity index (χ1n) is 14.7. The SMILES string of the molecule is CCOc1ccc(-c2cc(Cl)ccc2[C@@H](Oc2cc(N3CCC4(CC3)CC(C(=O)O)NC4CC)nc(N)n2)C(F)(F)F)cc1F. The normalized spacial score (nSPS) is 20.3. The Morgan fingerprint density at radius 3 is 2.53 bits per heavy atom. The number of hydrogen-bond donors (Lipinski definition) is 3. The first-order chi connectivity index (χ1) is 21.3. The summed E-state index contributed by atoms with van der Waals surface area (Å²) in [6.07, 6.45) is -4.80. The summed E-state index contributed by atoms with van der Waals surface area (Å²) < 4.78 is 69.4. The number of aliphatic carboxylic acids is 1. The Morgan fingerprint density at radius 2 is 1.91 bits per heavy atom. The summed E-state index contributed by atoms with van der Waals surface area (Å²) in [6, 6.07) is 8.40. The second-order valence-corrected chi connectivity index (χ2v) is 11.8. The van der Waals surface area contributed by atoms with Gasteiger partial charge in [0.05, 0.1) is 6.61 Å². The van der Waals surface area contributed by atoms with E-state index in [0.29, 0.717) is 38.2 Å². The van der Waals surface area contributed by atoms with Gasteiger partial charge in [-0.1, -0.05) is 30.7 Å². The highest BCUT2D eigenvalue weighted by Gasteiger charge is 2.50. The average molecular weight is 652 g/mol. The minimum atomic E-state index is -4.91. The number of piperidine rings is 1. The maximum atomic E-state index is 14.7. The molecule has 0 radical (unpaired) electrons. The highest BCUT2D eigenvalue weighted by molar-refractivity contribution is 6.30. The molecule has 1 aromatic heterocycles. The lowest BCUT2D eigenvalue weighted by atomic mass is 9.71. The molecule has 2 aliphatic heterocycles. The molecule has 2 aromatic carbocycles. The lowest BCUT2D eigenvalue weighted by molar-refractivity contribution is -0.198. The van der Waals surface area contributed by atoms with Crippen LogP contribution in [0.15, 0.2) is 42.5 Å². The number of anilines is 2. The predicted molar refractivity (Wildman–Crippen MR) is 161 cm³/mol. The fraction of sp³-hybridized carbons (Fsp3) is 0.452. The highest BCUT2D eigenvalue weighted by atomic mass is 35.5. The van der Waals surface area contributed by atoms with E-state index in [2.05, 4.69) is 15.3 Å². The van der Waals surface area contributed by atoms with E-state index >= 15 is 0 Å². The maximum Gasteiger partial charge on any atom is 0.429 e. The van der Waals surface area contributed by atoms with Crippen LogP contribution in [0.25, 0.3) is 11.1 Å². The van der Waals surface area contributed by atoms with Gasteiger partial charge in [-0.2, -0.15) is 23.1 Å². The van der Waals surface area contributed by atoms with Gasteiger partial charge in [-0.3, -0.25) is 4.79 Å². The lowest BCUT2D eigenvalue weighted by Gasteiger charge is -2.43. The van der Waals surface area contributed by atoms with Crippen molar-refractivity contribution in [3.05, 3.63) is 58.9 Å². The van der Waals surface area contributed by atoms with Crippen molar-refractivity contribution in [1.29, 1.82) is 0 Å². The number of halogens is 5.